The third-order valence-electron chi connectivity index (χ3n) is 2.52. The van der Waals surface area contributed by atoms with Gasteiger partial charge in [-0.15, -0.1) is 11.6 Å². The van der Waals surface area contributed by atoms with E-state index in [1.165, 1.54) is 0 Å². The quantitative estimate of drug-likeness (QED) is 0.735. The lowest BCUT2D eigenvalue weighted by atomic mass is 10.1. The van der Waals surface area contributed by atoms with Gasteiger partial charge < -0.3 is 14.4 Å². The van der Waals surface area contributed by atoms with E-state index in [-0.39, 0.29) is 12.2 Å². The molecule has 0 aromatic rings. The van der Waals surface area contributed by atoms with Gasteiger partial charge in [-0.25, -0.2) is 4.79 Å². The Morgan fingerprint density at radius 3 is 2.41 bits per heavy atom. The van der Waals surface area contributed by atoms with Gasteiger partial charge in [-0.3, -0.25) is 0 Å². The van der Waals surface area contributed by atoms with Crippen molar-refractivity contribution in [2.75, 3.05) is 25.6 Å². The molecular formula is C12H22ClNO3. The number of alkyl halides is 1. The van der Waals surface area contributed by atoms with Crippen molar-refractivity contribution in [1.29, 1.82) is 0 Å². The lowest BCUT2D eigenvalue weighted by Crippen LogP contribution is -2.43. The minimum Gasteiger partial charge on any atom is -0.444 e. The zero-order chi connectivity index (χ0) is 12.9. The maximum atomic E-state index is 11.8. The fourth-order valence-electron chi connectivity index (χ4n) is 1.74. The maximum absolute atomic E-state index is 11.8. The fraction of sp³-hybridized carbons (Fsp3) is 0.917. The standard InChI is InChI=1S/C12H22ClNO3/c1-12(2,3)17-11(15)14-7-4-10(5-8-14)16-9-6-13/h10H,4-9H2,1-3H3. The summed E-state index contributed by atoms with van der Waals surface area (Å²) in [5.41, 5.74) is -0.428. The van der Waals surface area contributed by atoms with E-state index in [1.54, 1.807) is 4.90 Å². The summed E-state index contributed by atoms with van der Waals surface area (Å²) < 4.78 is 10.9. The molecule has 17 heavy (non-hydrogen) atoms. The minimum atomic E-state index is -0.428. The van der Waals surface area contributed by atoms with Crippen molar-refractivity contribution in [3.8, 4) is 0 Å². The van der Waals surface area contributed by atoms with Crippen LogP contribution in [0.25, 0.3) is 0 Å². The number of halogens is 1. The van der Waals surface area contributed by atoms with Gasteiger partial charge in [-0.2, -0.15) is 0 Å². The molecule has 1 heterocycles. The summed E-state index contributed by atoms with van der Waals surface area (Å²) in [5, 5.41) is 0. The van der Waals surface area contributed by atoms with Gasteiger partial charge in [0.05, 0.1) is 12.7 Å². The Kier molecular flexibility index (Phi) is 5.53. The number of rotatable bonds is 3. The van der Waals surface area contributed by atoms with E-state index in [9.17, 15) is 4.79 Å². The number of hydrogen-bond acceptors (Lipinski definition) is 3. The molecule has 0 aromatic heterocycles. The van der Waals surface area contributed by atoms with Crippen molar-refractivity contribution in [3.05, 3.63) is 0 Å². The molecule has 1 aliphatic rings. The molecule has 1 amide bonds. The Bertz CT molecular complexity index is 245. The summed E-state index contributed by atoms with van der Waals surface area (Å²) >= 11 is 5.56. The molecule has 0 aromatic carbocycles. The Morgan fingerprint density at radius 2 is 1.94 bits per heavy atom. The number of hydrogen-bond donors (Lipinski definition) is 0. The van der Waals surface area contributed by atoms with Crippen LogP contribution in [0, 0.1) is 0 Å². The number of carbonyl (C=O) groups excluding carboxylic acids is 1. The second-order valence-corrected chi connectivity index (χ2v) is 5.60. The Hall–Kier alpha value is -0.480. The molecule has 0 unspecified atom stereocenters. The topological polar surface area (TPSA) is 38.8 Å². The highest BCUT2D eigenvalue weighted by Crippen LogP contribution is 2.17. The van der Waals surface area contributed by atoms with Crippen LogP contribution in [0.5, 0.6) is 0 Å². The molecule has 0 radical (unpaired) electrons. The van der Waals surface area contributed by atoms with Gasteiger partial charge in [-0.05, 0) is 33.6 Å². The number of ether oxygens (including phenoxy) is 2. The number of nitrogens with zero attached hydrogens (tertiary/aromatic N) is 1. The number of likely N-dealkylation sites (tertiary alicyclic amines) is 1. The van der Waals surface area contributed by atoms with Crippen LogP contribution in [0.3, 0.4) is 0 Å². The molecule has 5 heteroatoms. The number of amides is 1. The van der Waals surface area contributed by atoms with Crippen LogP contribution in [0.1, 0.15) is 33.6 Å². The third kappa shape index (κ3) is 5.59. The first-order chi connectivity index (χ1) is 7.92. The van der Waals surface area contributed by atoms with Gasteiger partial charge in [0.2, 0.25) is 0 Å². The van der Waals surface area contributed by atoms with Crippen LogP contribution in [0.15, 0.2) is 0 Å². The average molecular weight is 264 g/mol. The van der Waals surface area contributed by atoms with E-state index >= 15 is 0 Å². The van der Waals surface area contributed by atoms with Gasteiger partial charge >= 0.3 is 6.09 Å². The van der Waals surface area contributed by atoms with E-state index in [0.717, 1.165) is 12.8 Å². The molecule has 100 valence electrons. The first-order valence-electron chi connectivity index (χ1n) is 6.08. The first kappa shape index (κ1) is 14.6. The molecule has 0 saturated carbocycles. The van der Waals surface area contributed by atoms with E-state index in [0.29, 0.717) is 25.6 Å². The van der Waals surface area contributed by atoms with Crippen LogP contribution in [-0.4, -0.2) is 48.3 Å². The summed E-state index contributed by atoms with van der Waals surface area (Å²) in [6.45, 7) is 7.60. The maximum Gasteiger partial charge on any atom is 0.410 e. The Labute approximate surface area is 108 Å². The monoisotopic (exact) mass is 263 g/mol. The molecule has 0 N–H and O–H groups in total. The molecule has 1 aliphatic heterocycles. The van der Waals surface area contributed by atoms with Gasteiger partial charge in [0.15, 0.2) is 0 Å². The van der Waals surface area contributed by atoms with E-state index < -0.39 is 5.60 Å². The van der Waals surface area contributed by atoms with E-state index in [1.807, 2.05) is 20.8 Å². The molecule has 0 spiro atoms. The molecular weight excluding hydrogens is 242 g/mol. The fourth-order valence-corrected chi connectivity index (χ4v) is 1.83. The van der Waals surface area contributed by atoms with Crippen molar-refractivity contribution in [3.63, 3.8) is 0 Å². The molecule has 4 nitrogen and oxygen atoms in total. The van der Waals surface area contributed by atoms with Crippen molar-refractivity contribution in [2.45, 2.75) is 45.3 Å². The molecule has 1 rings (SSSR count). The van der Waals surface area contributed by atoms with Crippen LogP contribution >= 0.6 is 11.6 Å². The van der Waals surface area contributed by atoms with E-state index in [4.69, 9.17) is 21.1 Å². The average Bonchev–Trinajstić information content (AvgIpc) is 2.24. The van der Waals surface area contributed by atoms with Crippen LogP contribution in [0.4, 0.5) is 4.79 Å². The zero-order valence-electron chi connectivity index (χ0n) is 10.9. The summed E-state index contributed by atoms with van der Waals surface area (Å²) in [6.07, 6.45) is 1.72. The summed E-state index contributed by atoms with van der Waals surface area (Å²) in [6, 6.07) is 0. The van der Waals surface area contributed by atoms with E-state index in [2.05, 4.69) is 0 Å². The lowest BCUT2D eigenvalue weighted by molar-refractivity contribution is -0.00760. The van der Waals surface area contributed by atoms with Gasteiger partial charge in [0, 0.05) is 19.0 Å². The zero-order valence-corrected chi connectivity index (χ0v) is 11.6. The highest BCUT2D eigenvalue weighted by atomic mass is 35.5. The highest BCUT2D eigenvalue weighted by molar-refractivity contribution is 6.17. The van der Waals surface area contributed by atoms with Gasteiger partial charge in [-0.1, -0.05) is 0 Å². The predicted molar refractivity (Wildman–Crippen MR) is 67.5 cm³/mol. The lowest BCUT2D eigenvalue weighted by Gasteiger charge is -2.33. The summed E-state index contributed by atoms with van der Waals surface area (Å²) in [5.74, 6) is 0.520. The normalized spacial score (nSPS) is 18.2. The van der Waals surface area contributed by atoms with Crippen LogP contribution in [0.2, 0.25) is 0 Å². The van der Waals surface area contributed by atoms with Gasteiger partial charge in [0.25, 0.3) is 0 Å². The highest BCUT2D eigenvalue weighted by Gasteiger charge is 2.26. The molecule has 0 atom stereocenters. The van der Waals surface area contributed by atoms with Gasteiger partial charge in [0.1, 0.15) is 5.60 Å². The largest absolute Gasteiger partial charge is 0.444 e. The predicted octanol–water partition coefficient (Wildman–Crippen LogP) is 2.64. The molecule has 0 aliphatic carbocycles. The second kappa shape index (κ2) is 6.45. The van der Waals surface area contributed by atoms with Crippen molar-refractivity contribution in [1.82, 2.24) is 4.90 Å². The number of carbonyl (C=O) groups is 1. The Balaban J connectivity index is 2.29. The molecule has 0 bridgehead atoms. The van der Waals surface area contributed by atoms with Crippen molar-refractivity contribution in [2.24, 2.45) is 0 Å². The van der Waals surface area contributed by atoms with Crippen molar-refractivity contribution >= 4 is 17.7 Å². The SMILES string of the molecule is CC(C)(C)OC(=O)N1CCC(OCCCl)CC1. The molecule has 1 fully saturated rings. The summed E-state index contributed by atoms with van der Waals surface area (Å²) in [4.78, 5) is 13.5. The second-order valence-electron chi connectivity index (χ2n) is 5.23. The van der Waals surface area contributed by atoms with Crippen LogP contribution < -0.4 is 0 Å². The first-order valence-corrected chi connectivity index (χ1v) is 6.61. The van der Waals surface area contributed by atoms with Crippen LogP contribution in [-0.2, 0) is 9.47 Å². The smallest absolute Gasteiger partial charge is 0.410 e. The van der Waals surface area contributed by atoms with Crippen molar-refractivity contribution < 1.29 is 14.3 Å². The third-order valence-corrected chi connectivity index (χ3v) is 2.68. The molecule has 1 saturated heterocycles. The Morgan fingerprint density at radius 1 is 1.35 bits per heavy atom. The minimum absolute atomic E-state index is 0.228. The number of piperidine rings is 1. The summed E-state index contributed by atoms with van der Waals surface area (Å²) in [7, 11) is 0.